The van der Waals surface area contributed by atoms with Crippen molar-refractivity contribution in [3.63, 3.8) is 0 Å². The fraction of sp³-hybridized carbons (Fsp3) is 0.379. The van der Waals surface area contributed by atoms with E-state index in [1.54, 1.807) is 6.92 Å². The number of piperidine rings is 1. The molecule has 2 aromatic carbocycles. The molecule has 1 aliphatic heterocycles. The molecule has 0 N–H and O–H groups in total. The molecular formula is C29H33N3O2. The molecule has 0 radical (unpaired) electrons. The number of likely N-dealkylation sites (tertiary alicyclic amines) is 1. The third-order valence-corrected chi connectivity index (χ3v) is 6.96. The Bertz CT molecular complexity index is 1280. The van der Waals surface area contributed by atoms with Crippen LogP contribution in [0.25, 0.3) is 21.7 Å². The number of aromatic nitrogens is 2. The van der Waals surface area contributed by atoms with Crippen molar-refractivity contribution < 1.29 is 9.53 Å². The smallest absolute Gasteiger partial charge is 0.223 e. The molecule has 0 bridgehead atoms. The first-order chi connectivity index (χ1) is 16.5. The van der Waals surface area contributed by atoms with Crippen LogP contribution in [-0.2, 0) is 24.7 Å². The van der Waals surface area contributed by atoms with Crippen LogP contribution >= 0.6 is 0 Å². The SMILES string of the molecule is CC(=O)Cc1ccc(CCN2CCC(COc3nc4ccccc4c4cn(C)cc34)CC2)cc1. The van der Waals surface area contributed by atoms with Gasteiger partial charge in [-0.2, -0.15) is 0 Å². The van der Waals surface area contributed by atoms with Crippen molar-refractivity contribution >= 4 is 27.5 Å². The number of hydrogen-bond acceptors (Lipinski definition) is 4. The van der Waals surface area contributed by atoms with Crippen molar-refractivity contribution in [2.24, 2.45) is 13.0 Å². The molecule has 34 heavy (non-hydrogen) atoms. The number of carbonyl (C=O) groups is 1. The van der Waals surface area contributed by atoms with Gasteiger partial charge in [0, 0.05) is 43.2 Å². The molecule has 2 aromatic heterocycles. The molecule has 1 aliphatic rings. The average molecular weight is 456 g/mol. The zero-order chi connectivity index (χ0) is 23.5. The monoisotopic (exact) mass is 455 g/mol. The molecule has 1 saturated heterocycles. The van der Waals surface area contributed by atoms with E-state index < -0.39 is 0 Å². The summed E-state index contributed by atoms with van der Waals surface area (Å²) in [5.74, 6) is 1.53. The van der Waals surface area contributed by atoms with Gasteiger partial charge in [-0.15, -0.1) is 0 Å². The summed E-state index contributed by atoms with van der Waals surface area (Å²) >= 11 is 0. The van der Waals surface area contributed by atoms with E-state index in [0.717, 1.165) is 67.8 Å². The molecule has 3 heterocycles. The van der Waals surface area contributed by atoms with Crippen molar-refractivity contribution in [3.8, 4) is 5.88 Å². The predicted molar refractivity (Wildman–Crippen MR) is 137 cm³/mol. The maximum absolute atomic E-state index is 11.3. The maximum atomic E-state index is 11.3. The Morgan fingerprint density at radius 2 is 1.68 bits per heavy atom. The van der Waals surface area contributed by atoms with Gasteiger partial charge >= 0.3 is 0 Å². The van der Waals surface area contributed by atoms with E-state index in [0.29, 0.717) is 12.3 Å². The fourth-order valence-electron chi connectivity index (χ4n) is 5.02. The maximum Gasteiger partial charge on any atom is 0.223 e. The van der Waals surface area contributed by atoms with E-state index >= 15 is 0 Å². The van der Waals surface area contributed by atoms with Crippen molar-refractivity contribution in [1.82, 2.24) is 14.5 Å². The summed E-state index contributed by atoms with van der Waals surface area (Å²) in [6.45, 7) is 5.67. The van der Waals surface area contributed by atoms with Gasteiger partial charge in [-0.25, -0.2) is 4.98 Å². The van der Waals surface area contributed by atoms with E-state index in [1.807, 2.05) is 6.07 Å². The number of fused-ring (bicyclic) bond motifs is 3. The van der Waals surface area contributed by atoms with Gasteiger partial charge in [0.2, 0.25) is 5.88 Å². The molecule has 0 spiro atoms. The topological polar surface area (TPSA) is 47.4 Å². The lowest BCUT2D eigenvalue weighted by Crippen LogP contribution is -2.36. The summed E-state index contributed by atoms with van der Waals surface area (Å²) in [6, 6.07) is 16.8. The first kappa shape index (κ1) is 22.6. The third kappa shape index (κ3) is 5.15. The van der Waals surface area contributed by atoms with Gasteiger partial charge in [-0.05, 0) is 62.4 Å². The van der Waals surface area contributed by atoms with Crippen LogP contribution in [0.3, 0.4) is 0 Å². The number of ether oxygens (including phenoxy) is 1. The van der Waals surface area contributed by atoms with Crippen LogP contribution in [0.2, 0.25) is 0 Å². The molecule has 0 atom stereocenters. The Morgan fingerprint density at radius 1 is 0.971 bits per heavy atom. The minimum atomic E-state index is 0.212. The first-order valence-corrected chi connectivity index (χ1v) is 12.3. The lowest BCUT2D eigenvalue weighted by molar-refractivity contribution is -0.116. The van der Waals surface area contributed by atoms with Gasteiger partial charge in [0.25, 0.3) is 0 Å². The minimum Gasteiger partial charge on any atom is -0.477 e. The lowest BCUT2D eigenvalue weighted by atomic mass is 9.97. The normalized spacial score (nSPS) is 15.2. The molecule has 0 unspecified atom stereocenters. The Hall–Kier alpha value is -3.18. The zero-order valence-electron chi connectivity index (χ0n) is 20.2. The van der Waals surface area contributed by atoms with Crippen molar-refractivity contribution in [1.29, 1.82) is 0 Å². The van der Waals surface area contributed by atoms with Crippen LogP contribution in [0.5, 0.6) is 5.88 Å². The molecule has 0 amide bonds. The van der Waals surface area contributed by atoms with Gasteiger partial charge in [0.1, 0.15) is 5.78 Å². The number of carbonyl (C=O) groups excluding carboxylic acids is 1. The molecule has 0 aliphatic carbocycles. The number of benzene rings is 2. The molecule has 5 rings (SSSR count). The number of aryl methyl sites for hydroxylation is 1. The summed E-state index contributed by atoms with van der Waals surface area (Å²) in [6.07, 6.45) is 8.15. The van der Waals surface area contributed by atoms with Gasteiger partial charge in [-0.3, -0.25) is 4.79 Å². The van der Waals surface area contributed by atoms with Gasteiger partial charge in [0.15, 0.2) is 0 Å². The van der Waals surface area contributed by atoms with E-state index in [4.69, 9.17) is 9.72 Å². The fourth-order valence-corrected chi connectivity index (χ4v) is 5.02. The Morgan fingerprint density at radius 3 is 2.44 bits per heavy atom. The molecule has 176 valence electrons. The minimum absolute atomic E-state index is 0.212. The Balaban J connectivity index is 1.13. The van der Waals surface area contributed by atoms with Gasteiger partial charge in [-0.1, -0.05) is 42.5 Å². The number of hydrogen-bond donors (Lipinski definition) is 0. The van der Waals surface area contributed by atoms with E-state index in [9.17, 15) is 4.79 Å². The number of rotatable bonds is 8. The van der Waals surface area contributed by atoms with Crippen LogP contribution in [0.4, 0.5) is 0 Å². The third-order valence-electron chi connectivity index (χ3n) is 6.96. The van der Waals surface area contributed by atoms with Crippen LogP contribution in [-0.4, -0.2) is 46.5 Å². The number of nitrogens with zero attached hydrogens (tertiary/aromatic N) is 3. The molecule has 4 aromatic rings. The second-order valence-electron chi connectivity index (χ2n) is 9.73. The van der Waals surface area contributed by atoms with E-state index in [1.165, 1.54) is 16.3 Å². The Labute approximate surface area is 201 Å². The number of Topliss-reactive ketones (excluding diaryl/α,β-unsaturated/α-hetero) is 1. The largest absolute Gasteiger partial charge is 0.477 e. The highest BCUT2D eigenvalue weighted by Crippen LogP contribution is 2.32. The summed E-state index contributed by atoms with van der Waals surface area (Å²) in [5.41, 5.74) is 3.43. The molecule has 5 nitrogen and oxygen atoms in total. The predicted octanol–water partition coefficient (Wildman–Crippen LogP) is 5.19. The number of para-hydroxylation sites is 1. The summed E-state index contributed by atoms with van der Waals surface area (Å²) < 4.78 is 8.40. The van der Waals surface area contributed by atoms with Crippen molar-refractivity contribution in [3.05, 3.63) is 72.1 Å². The van der Waals surface area contributed by atoms with Crippen molar-refractivity contribution in [2.45, 2.75) is 32.6 Å². The zero-order valence-corrected chi connectivity index (χ0v) is 20.2. The highest BCUT2D eigenvalue weighted by atomic mass is 16.5. The lowest BCUT2D eigenvalue weighted by Gasteiger charge is -2.31. The Kier molecular flexibility index (Phi) is 6.63. The summed E-state index contributed by atoms with van der Waals surface area (Å²) in [5, 5.41) is 3.47. The number of ketones is 1. The molecule has 0 saturated carbocycles. The molecular weight excluding hydrogens is 422 g/mol. The van der Waals surface area contributed by atoms with Crippen LogP contribution in [0, 0.1) is 5.92 Å². The van der Waals surface area contributed by atoms with Gasteiger partial charge in [0.05, 0.1) is 17.5 Å². The first-order valence-electron chi connectivity index (χ1n) is 12.3. The van der Waals surface area contributed by atoms with E-state index in [2.05, 4.69) is 71.4 Å². The highest BCUT2D eigenvalue weighted by molar-refractivity contribution is 6.07. The van der Waals surface area contributed by atoms with Crippen molar-refractivity contribution in [2.75, 3.05) is 26.2 Å². The second kappa shape index (κ2) is 9.98. The number of pyridine rings is 1. The van der Waals surface area contributed by atoms with Crippen LogP contribution in [0.15, 0.2) is 60.9 Å². The van der Waals surface area contributed by atoms with Crippen LogP contribution in [0.1, 0.15) is 30.9 Å². The molecule has 5 heteroatoms. The second-order valence-corrected chi connectivity index (χ2v) is 9.73. The highest BCUT2D eigenvalue weighted by Gasteiger charge is 2.21. The van der Waals surface area contributed by atoms with Crippen LogP contribution < -0.4 is 4.74 Å². The van der Waals surface area contributed by atoms with E-state index in [-0.39, 0.29) is 5.78 Å². The quantitative estimate of drug-likeness (QED) is 0.367. The molecule has 1 fully saturated rings. The standard InChI is InChI=1S/C29H33N3O2/c1-21(33)17-23-9-7-22(8-10-23)11-14-32-15-12-24(13-16-32)20-34-29-27-19-31(2)18-26(27)25-5-3-4-6-28(25)30-29/h3-10,18-19,24H,11-17,20H2,1-2H3. The van der Waals surface area contributed by atoms with Gasteiger partial charge < -0.3 is 14.2 Å². The average Bonchev–Trinajstić information content (AvgIpc) is 3.24. The summed E-state index contributed by atoms with van der Waals surface area (Å²) in [4.78, 5) is 18.7. The summed E-state index contributed by atoms with van der Waals surface area (Å²) in [7, 11) is 2.05.